The number of benzene rings is 1. The van der Waals surface area contributed by atoms with Gasteiger partial charge in [0.1, 0.15) is 6.04 Å². The number of aliphatic carboxylic acids is 1. The molecule has 0 heterocycles. The van der Waals surface area contributed by atoms with Gasteiger partial charge in [-0.2, -0.15) is 11.8 Å². The van der Waals surface area contributed by atoms with Crippen LogP contribution in [0, 0.1) is 20.8 Å². The first-order valence-electron chi connectivity index (χ1n) is 7.32. The quantitative estimate of drug-likeness (QED) is 0.818. The van der Waals surface area contributed by atoms with E-state index in [0.29, 0.717) is 6.42 Å². The molecule has 0 fully saturated rings. The molecule has 1 atom stereocenters. The third kappa shape index (κ3) is 5.62. The smallest absolute Gasteiger partial charge is 0.326 e. The lowest BCUT2D eigenvalue weighted by atomic mass is 10.0. The minimum absolute atomic E-state index is 0.165. The molecule has 0 spiro atoms. The van der Waals surface area contributed by atoms with Gasteiger partial charge >= 0.3 is 5.97 Å². The van der Waals surface area contributed by atoms with Gasteiger partial charge in [-0.05, 0) is 49.6 Å². The first-order valence-corrected chi connectivity index (χ1v) is 8.30. The highest BCUT2D eigenvalue weighted by Crippen LogP contribution is 2.27. The summed E-state index contributed by atoms with van der Waals surface area (Å²) in [4.78, 5) is 11.5. The molecule has 3 nitrogen and oxygen atoms in total. The van der Waals surface area contributed by atoms with Crippen molar-refractivity contribution in [1.82, 2.24) is 0 Å². The predicted molar refractivity (Wildman–Crippen MR) is 92.5 cm³/mol. The molecule has 1 rings (SSSR count). The number of nitrogens with one attached hydrogen (secondary N) is 1. The predicted octanol–water partition coefficient (Wildman–Crippen LogP) is 4.40. The van der Waals surface area contributed by atoms with E-state index in [1.807, 2.05) is 26.8 Å². The summed E-state index contributed by atoms with van der Waals surface area (Å²) in [6.07, 6.45) is 0.615. The van der Waals surface area contributed by atoms with E-state index in [4.69, 9.17) is 0 Å². The first kappa shape index (κ1) is 17.9. The Balaban J connectivity index is 2.80. The molecule has 0 aromatic heterocycles. The number of hydrogen-bond donors (Lipinski definition) is 2. The molecule has 0 amide bonds. The molecule has 1 unspecified atom stereocenters. The fourth-order valence-electron chi connectivity index (χ4n) is 2.09. The zero-order valence-corrected chi connectivity index (χ0v) is 14.7. The number of carboxylic acid groups (broad SMARTS) is 1. The Morgan fingerprint density at radius 3 is 2.33 bits per heavy atom. The van der Waals surface area contributed by atoms with Crippen molar-refractivity contribution in [3.05, 3.63) is 28.8 Å². The summed E-state index contributed by atoms with van der Waals surface area (Å²) in [6, 6.07) is 3.56. The summed E-state index contributed by atoms with van der Waals surface area (Å²) >= 11 is 1.80. The third-order valence-corrected chi connectivity index (χ3v) is 4.81. The molecule has 0 bridgehead atoms. The van der Waals surface area contributed by atoms with Crippen molar-refractivity contribution in [3.8, 4) is 0 Å². The molecule has 0 aliphatic rings. The lowest BCUT2D eigenvalue weighted by Gasteiger charge is -2.22. The van der Waals surface area contributed by atoms with Crippen molar-refractivity contribution in [1.29, 1.82) is 0 Å². The minimum Gasteiger partial charge on any atom is -0.480 e. The topological polar surface area (TPSA) is 49.3 Å². The Bertz CT molecular complexity index is 506. The highest BCUT2D eigenvalue weighted by Gasteiger charge is 2.20. The molecule has 0 aliphatic carbocycles. The highest BCUT2D eigenvalue weighted by molar-refractivity contribution is 8.00. The van der Waals surface area contributed by atoms with Gasteiger partial charge in [0, 0.05) is 10.4 Å². The van der Waals surface area contributed by atoms with Crippen LogP contribution in [0.25, 0.3) is 0 Å². The second-order valence-corrected chi connectivity index (χ2v) is 8.41. The van der Waals surface area contributed by atoms with Crippen LogP contribution in [0.3, 0.4) is 0 Å². The lowest BCUT2D eigenvalue weighted by Crippen LogP contribution is -2.31. The summed E-state index contributed by atoms with van der Waals surface area (Å²) < 4.78 is 0.165. The maximum Gasteiger partial charge on any atom is 0.326 e. The Kier molecular flexibility index (Phi) is 6.14. The average Bonchev–Trinajstić information content (AvgIpc) is 2.35. The van der Waals surface area contributed by atoms with Gasteiger partial charge < -0.3 is 10.4 Å². The van der Waals surface area contributed by atoms with E-state index in [9.17, 15) is 9.90 Å². The molecule has 0 aliphatic heterocycles. The number of hydrogen-bond acceptors (Lipinski definition) is 3. The maximum absolute atomic E-state index is 11.5. The molecule has 4 heteroatoms. The van der Waals surface area contributed by atoms with Gasteiger partial charge in [0.05, 0.1) is 0 Å². The van der Waals surface area contributed by atoms with Crippen molar-refractivity contribution < 1.29 is 9.90 Å². The van der Waals surface area contributed by atoms with Gasteiger partial charge in [-0.3, -0.25) is 0 Å². The second kappa shape index (κ2) is 7.21. The fourth-order valence-corrected chi connectivity index (χ4v) is 3.05. The number of carboxylic acids is 1. The van der Waals surface area contributed by atoms with Gasteiger partial charge in [-0.1, -0.05) is 32.9 Å². The zero-order valence-electron chi connectivity index (χ0n) is 13.9. The van der Waals surface area contributed by atoms with Gasteiger partial charge in [0.15, 0.2) is 0 Å². The summed E-state index contributed by atoms with van der Waals surface area (Å²) in [5, 5.41) is 12.7. The number of aryl methyl sites for hydroxylation is 2. The van der Waals surface area contributed by atoms with E-state index in [2.05, 4.69) is 32.2 Å². The molecule has 0 saturated carbocycles. The van der Waals surface area contributed by atoms with Gasteiger partial charge in [0.25, 0.3) is 0 Å². The SMILES string of the molecule is Cc1ccc(C)c(NC(CCSC(C)(C)C)C(=O)O)c1C. The minimum atomic E-state index is -0.787. The number of thioether (sulfide) groups is 1. The molecular formula is C17H27NO2S. The standard InChI is InChI=1S/C17H27NO2S/c1-11-7-8-12(2)15(13(11)3)18-14(16(19)20)9-10-21-17(4,5)6/h7-8,14,18H,9-10H2,1-6H3,(H,19,20). The van der Waals surface area contributed by atoms with Crippen LogP contribution >= 0.6 is 11.8 Å². The van der Waals surface area contributed by atoms with E-state index in [1.54, 1.807) is 11.8 Å². The molecule has 0 radical (unpaired) electrons. The average molecular weight is 309 g/mol. The van der Waals surface area contributed by atoms with Crippen molar-refractivity contribution in [2.75, 3.05) is 11.1 Å². The van der Waals surface area contributed by atoms with Crippen LogP contribution in [0.2, 0.25) is 0 Å². The van der Waals surface area contributed by atoms with Gasteiger partial charge in [-0.15, -0.1) is 0 Å². The van der Waals surface area contributed by atoms with Crippen molar-refractivity contribution in [3.63, 3.8) is 0 Å². The molecule has 1 aromatic carbocycles. The lowest BCUT2D eigenvalue weighted by molar-refractivity contribution is -0.137. The van der Waals surface area contributed by atoms with Crippen LogP contribution in [-0.4, -0.2) is 27.6 Å². The molecule has 1 aromatic rings. The number of rotatable bonds is 6. The normalized spacial score (nSPS) is 13.0. The maximum atomic E-state index is 11.5. The largest absolute Gasteiger partial charge is 0.480 e. The van der Waals surface area contributed by atoms with E-state index in [1.165, 1.54) is 5.56 Å². The summed E-state index contributed by atoms with van der Waals surface area (Å²) in [6.45, 7) is 12.5. The Morgan fingerprint density at radius 1 is 1.24 bits per heavy atom. The Morgan fingerprint density at radius 2 is 1.81 bits per heavy atom. The van der Waals surface area contributed by atoms with Crippen LogP contribution < -0.4 is 5.32 Å². The Labute approximate surface area is 132 Å². The van der Waals surface area contributed by atoms with Crippen molar-refractivity contribution >= 4 is 23.4 Å². The van der Waals surface area contributed by atoms with Crippen LogP contribution in [0.5, 0.6) is 0 Å². The third-order valence-electron chi connectivity index (χ3n) is 3.50. The van der Waals surface area contributed by atoms with Crippen LogP contribution in [0.15, 0.2) is 12.1 Å². The zero-order chi connectivity index (χ0) is 16.2. The van der Waals surface area contributed by atoms with Gasteiger partial charge in [0.2, 0.25) is 0 Å². The van der Waals surface area contributed by atoms with E-state index >= 15 is 0 Å². The van der Waals surface area contributed by atoms with E-state index in [0.717, 1.165) is 22.6 Å². The second-order valence-electron chi connectivity index (χ2n) is 6.48. The molecule has 2 N–H and O–H groups in total. The summed E-state index contributed by atoms with van der Waals surface area (Å²) in [5.74, 6) is 0.0435. The van der Waals surface area contributed by atoms with Crippen LogP contribution in [0.1, 0.15) is 43.9 Å². The van der Waals surface area contributed by atoms with E-state index < -0.39 is 12.0 Å². The van der Waals surface area contributed by atoms with Crippen molar-refractivity contribution in [2.45, 2.75) is 58.8 Å². The monoisotopic (exact) mass is 309 g/mol. The van der Waals surface area contributed by atoms with Crippen LogP contribution in [-0.2, 0) is 4.79 Å². The number of carbonyl (C=O) groups is 1. The number of anilines is 1. The molecule has 21 heavy (non-hydrogen) atoms. The first-order chi connectivity index (χ1) is 9.61. The van der Waals surface area contributed by atoms with E-state index in [-0.39, 0.29) is 4.75 Å². The van der Waals surface area contributed by atoms with Crippen molar-refractivity contribution in [2.24, 2.45) is 0 Å². The fraction of sp³-hybridized carbons (Fsp3) is 0.588. The molecule has 118 valence electrons. The molecule has 0 saturated heterocycles. The molecular weight excluding hydrogens is 282 g/mol. The van der Waals surface area contributed by atoms with Crippen LogP contribution in [0.4, 0.5) is 5.69 Å². The highest BCUT2D eigenvalue weighted by atomic mass is 32.2. The van der Waals surface area contributed by atoms with Gasteiger partial charge in [-0.25, -0.2) is 4.79 Å². The summed E-state index contributed by atoms with van der Waals surface area (Å²) in [5.41, 5.74) is 4.36. The summed E-state index contributed by atoms with van der Waals surface area (Å²) in [7, 11) is 0. The Hall–Kier alpha value is -1.16.